The summed E-state index contributed by atoms with van der Waals surface area (Å²) < 4.78 is 5.99. The number of ether oxygens (including phenoxy) is 1. The van der Waals surface area contributed by atoms with Crippen LogP contribution in [0.5, 0.6) is 5.75 Å². The first-order valence-corrected chi connectivity index (χ1v) is 12.3. The van der Waals surface area contributed by atoms with Crippen LogP contribution in [0.1, 0.15) is 19.8 Å². The summed E-state index contributed by atoms with van der Waals surface area (Å²) in [6.45, 7) is 3.96. The lowest BCUT2D eigenvalue weighted by Crippen LogP contribution is -2.53. The van der Waals surface area contributed by atoms with Crippen LogP contribution < -0.4 is 4.74 Å². The van der Waals surface area contributed by atoms with Gasteiger partial charge >= 0.3 is 0 Å². The van der Waals surface area contributed by atoms with Gasteiger partial charge in [-0.2, -0.15) is 0 Å². The molecule has 6 nitrogen and oxygen atoms in total. The topological polar surface area (TPSA) is 62.7 Å². The van der Waals surface area contributed by atoms with Crippen LogP contribution in [0.4, 0.5) is 0 Å². The minimum atomic E-state index is -0.662. The Balaban J connectivity index is 1.29. The molecule has 2 aliphatic rings. The summed E-state index contributed by atoms with van der Waals surface area (Å²) in [7, 11) is 0. The maximum atomic E-state index is 13.0. The van der Waals surface area contributed by atoms with Gasteiger partial charge in [0, 0.05) is 54.1 Å². The summed E-state index contributed by atoms with van der Waals surface area (Å²) in [6.07, 6.45) is 1.33. The second-order valence-electron chi connectivity index (χ2n) is 8.84. The molecule has 1 saturated carbocycles. The number of aromatic nitrogens is 1. The van der Waals surface area contributed by atoms with Crippen LogP contribution in [-0.4, -0.2) is 58.9 Å². The third-order valence-electron chi connectivity index (χ3n) is 6.40. The highest BCUT2D eigenvalue weighted by atomic mass is 35.5. The predicted octanol–water partition coefficient (Wildman–Crippen LogP) is 5.06. The minimum Gasteiger partial charge on any atom is -0.481 e. The predicted molar refractivity (Wildman–Crippen MR) is 133 cm³/mol. The molecule has 2 aromatic carbocycles. The van der Waals surface area contributed by atoms with Gasteiger partial charge in [0.15, 0.2) is 6.10 Å². The number of carbonyl (C=O) groups excluding carboxylic acids is 2. The molecule has 0 radical (unpaired) electrons. The highest BCUT2D eigenvalue weighted by Gasteiger charge is 2.35. The second-order valence-corrected chi connectivity index (χ2v) is 9.63. The molecule has 176 valence electrons. The van der Waals surface area contributed by atoms with E-state index in [0.29, 0.717) is 47.6 Å². The number of nitrogens with zero attached hydrogens (tertiary/aromatic N) is 3. The normalized spacial score (nSPS) is 17.0. The van der Waals surface area contributed by atoms with Crippen molar-refractivity contribution in [1.82, 2.24) is 14.8 Å². The van der Waals surface area contributed by atoms with Gasteiger partial charge < -0.3 is 14.5 Å². The number of benzene rings is 2. The number of hydrogen-bond acceptors (Lipinski definition) is 4. The van der Waals surface area contributed by atoms with Crippen LogP contribution in [0.25, 0.3) is 22.0 Å². The smallest absolute Gasteiger partial charge is 0.263 e. The molecule has 0 N–H and O–H groups in total. The number of rotatable bonds is 5. The van der Waals surface area contributed by atoms with E-state index in [9.17, 15) is 9.59 Å². The number of carbonyl (C=O) groups is 2. The van der Waals surface area contributed by atoms with Crippen molar-refractivity contribution in [2.75, 3.05) is 26.2 Å². The fourth-order valence-electron chi connectivity index (χ4n) is 4.40. The molecule has 3 aromatic rings. The van der Waals surface area contributed by atoms with E-state index in [-0.39, 0.29) is 17.7 Å². The number of amides is 2. The Morgan fingerprint density at radius 2 is 1.68 bits per heavy atom. The second kappa shape index (κ2) is 9.43. The van der Waals surface area contributed by atoms with Gasteiger partial charge in [-0.15, -0.1) is 0 Å². The fourth-order valence-corrected chi connectivity index (χ4v) is 4.84. The first kappa shape index (κ1) is 22.9. The molecule has 1 atom stereocenters. The third kappa shape index (κ3) is 4.70. The summed E-state index contributed by atoms with van der Waals surface area (Å²) in [5.74, 6) is 0.887. The highest BCUT2D eigenvalue weighted by molar-refractivity contribution is 6.34. The fraction of sp³-hybridized carbons (Fsp3) is 0.346. The van der Waals surface area contributed by atoms with Crippen molar-refractivity contribution < 1.29 is 14.3 Å². The van der Waals surface area contributed by atoms with E-state index in [0.717, 1.165) is 29.4 Å². The molecule has 1 aromatic heterocycles. The summed E-state index contributed by atoms with van der Waals surface area (Å²) in [4.78, 5) is 33.3. The number of fused-ring (bicyclic) bond motifs is 1. The molecule has 2 amide bonds. The van der Waals surface area contributed by atoms with E-state index in [1.165, 1.54) is 0 Å². The van der Waals surface area contributed by atoms with Gasteiger partial charge in [-0.3, -0.25) is 9.59 Å². The van der Waals surface area contributed by atoms with Crippen LogP contribution in [0.2, 0.25) is 10.2 Å². The van der Waals surface area contributed by atoms with Crippen molar-refractivity contribution in [3.63, 3.8) is 0 Å². The van der Waals surface area contributed by atoms with E-state index in [1.807, 2.05) is 41.3 Å². The molecule has 1 saturated heterocycles. The molecule has 0 spiro atoms. The van der Waals surface area contributed by atoms with Crippen molar-refractivity contribution >= 4 is 45.9 Å². The Morgan fingerprint density at radius 3 is 2.38 bits per heavy atom. The Kier molecular flexibility index (Phi) is 6.36. The largest absolute Gasteiger partial charge is 0.481 e. The molecule has 1 aliphatic carbocycles. The molecular formula is C26H25Cl2N3O3. The molecule has 2 fully saturated rings. The first-order valence-electron chi connectivity index (χ1n) is 11.5. The highest BCUT2D eigenvalue weighted by Crippen LogP contribution is 2.36. The number of pyridine rings is 1. The Hall–Kier alpha value is -2.83. The average molecular weight is 498 g/mol. The van der Waals surface area contributed by atoms with E-state index >= 15 is 0 Å². The number of hydrogen-bond donors (Lipinski definition) is 0. The van der Waals surface area contributed by atoms with Gasteiger partial charge in [0.2, 0.25) is 5.91 Å². The lowest BCUT2D eigenvalue weighted by Gasteiger charge is -2.36. The Labute approximate surface area is 208 Å². The zero-order valence-corrected chi connectivity index (χ0v) is 20.4. The van der Waals surface area contributed by atoms with Gasteiger partial charge in [-0.05, 0) is 49.6 Å². The van der Waals surface area contributed by atoms with Crippen LogP contribution in [0.15, 0.2) is 48.5 Å². The van der Waals surface area contributed by atoms with Crippen molar-refractivity contribution in [2.45, 2.75) is 25.9 Å². The zero-order valence-electron chi connectivity index (χ0n) is 18.8. The molecule has 1 unspecified atom stereocenters. The quantitative estimate of drug-likeness (QED) is 0.462. The maximum Gasteiger partial charge on any atom is 0.263 e. The van der Waals surface area contributed by atoms with Crippen LogP contribution in [0.3, 0.4) is 0 Å². The molecule has 0 bridgehead atoms. The zero-order chi connectivity index (χ0) is 23.8. The molecular weight excluding hydrogens is 473 g/mol. The lowest BCUT2D eigenvalue weighted by molar-refractivity contribution is -0.144. The van der Waals surface area contributed by atoms with Crippen molar-refractivity contribution in [3.8, 4) is 16.9 Å². The van der Waals surface area contributed by atoms with Gasteiger partial charge in [0.05, 0.1) is 5.52 Å². The monoisotopic (exact) mass is 497 g/mol. The van der Waals surface area contributed by atoms with Crippen molar-refractivity contribution in [1.29, 1.82) is 0 Å². The third-order valence-corrected chi connectivity index (χ3v) is 6.93. The van der Waals surface area contributed by atoms with E-state index in [4.69, 9.17) is 27.9 Å². The Bertz CT molecular complexity index is 1250. The van der Waals surface area contributed by atoms with Gasteiger partial charge in [0.1, 0.15) is 10.9 Å². The van der Waals surface area contributed by atoms with E-state index in [2.05, 4.69) is 4.98 Å². The molecule has 5 rings (SSSR count). The van der Waals surface area contributed by atoms with Gasteiger partial charge in [-0.1, -0.05) is 41.4 Å². The van der Waals surface area contributed by atoms with Crippen molar-refractivity contribution in [3.05, 3.63) is 58.7 Å². The molecule has 34 heavy (non-hydrogen) atoms. The molecule has 1 aliphatic heterocycles. The summed E-state index contributed by atoms with van der Waals surface area (Å²) in [5.41, 5.74) is 2.41. The standard InChI is InChI=1S/C26H25Cl2N3O3/c1-16(25(32)30-10-12-31(13-11-30)26(33)17-6-7-17)34-18-8-9-20-21(15-24(28)29-23(20)14-18)19-4-2-3-5-22(19)27/h2-5,8-9,14-17H,6-7,10-13H2,1H3. The number of halogens is 2. The van der Waals surface area contributed by atoms with Gasteiger partial charge in [-0.25, -0.2) is 4.98 Å². The molecule has 8 heteroatoms. The van der Waals surface area contributed by atoms with Crippen LogP contribution in [0, 0.1) is 5.92 Å². The van der Waals surface area contributed by atoms with Crippen LogP contribution in [-0.2, 0) is 9.59 Å². The summed E-state index contributed by atoms with van der Waals surface area (Å²) in [5, 5.41) is 1.87. The number of piperazine rings is 1. The lowest BCUT2D eigenvalue weighted by atomic mass is 10.0. The molecule has 2 heterocycles. The summed E-state index contributed by atoms with van der Waals surface area (Å²) in [6, 6.07) is 14.9. The van der Waals surface area contributed by atoms with E-state index in [1.54, 1.807) is 24.0 Å². The minimum absolute atomic E-state index is 0.0885. The van der Waals surface area contributed by atoms with E-state index < -0.39 is 6.10 Å². The average Bonchev–Trinajstić information content (AvgIpc) is 3.68. The Morgan fingerprint density at radius 1 is 0.971 bits per heavy atom. The van der Waals surface area contributed by atoms with Gasteiger partial charge in [0.25, 0.3) is 5.91 Å². The summed E-state index contributed by atoms with van der Waals surface area (Å²) >= 11 is 12.7. The van der Waals surface area contributed by atoms with Crippen molar-refractivity contribution in [2.24, 2.45) is 5.92 Å². The SMILES string of the molecule is CC(Oc1ccc2c(-c3ccccc3Cl)cc(Cl)nc2c1)C(=O)N1CCN(C(=O)C2CC2)CC1. The maximum absolute atomic E-state index is 13.0. The first-order chi connectivity index (χ1) is 16.4. The van der Waals surface area contributed by atoms with Crippen LogP contribution >= 0.6 is 23.2 Å².